The third-order valence-corrected chi connectivity index (χ3v) is 5.24. The number of benzene rings is 2. The molecule has 27 heavy (non-hydrogen) atoms. The topological polar surface area (TPSA) is 81.1 Å². The lowest BCUT2D eigenvalue weighted by atomic mass is 9.91. The Hall–Kier alpha value is -3.07. The van der Waals surface area contributed by atoms with E-state index in [1.807, 2.05) is 0 Å². The summed E-state index contributed by atoms with van der Waals surface area (Å²) in [7, 11) is -3.59. The predicted molar refractivity (Wildman–Crippen MR) is 94.4 cm³/mol. The largest absolute Gasteiger partial charge is 0.348 e. The fourth-order valence-electron chi connectivity index (χ4n) is 3.07. The van der Waals surface area contributed by atoms with E-state index in [1.54, 1.807) is 6.07 Å². The molecule has 0 atom stereocenters. The molecule has 4 rings (SSSR count). The van der Waals surface area contributed by atoms with Crippen LogP contribution in [0.15, 0.2) is 42.7 Å². The molecular formula is C18H13F2N3O3S. The first kappa shape index (κ1) is 17.3. The van der Waals surface area contributed by atoms with E-state index in [9.17, 15) is 22.0 Å². The maximum absolute atomic E-state index is 14.4. The second-order valence-electron chi connectivity index (χ2n) is 6.23. The molecule has 1 N–H and O–H groups in total. The number of carbonyl (C=O) groups excluding carboxylic acids is 1. The van der Waals surface area contributed by atoms with Gasteiger partial charge in [0.15, 0.2) is 0 Å². The number of carbonyl (C=O) groups is 1. The Bertz CT molecular complexity index is 1200. The van der Waals surface area contributed by atoms with Gasteiger partial charge in [-0.15, -0.1) is 0 Å². The first-order chi connectivity index (χ1) is 12.7. The minimum atomic E-state index is -3.59. The minimum absolute atomic E-state index is 0.0982. The lowest BCUT2D eigenvalue weighted by Crippen LogP contribution is -2.12. The molecule has 0 fully saturated rings. The van der Waals surface area contributed by atoms with Crippen molar-refractivity contribution in [2.45, 2.75) is 6.54 Å². The highest BCUT2D eigenvalue weighted by Gasteiger charge is 2.24. The first-order valence-corrected chi connectivity index (χ1v) is 9.75. The average molecular weight is 389 g/mol. The molecule has 2 heterocycles. The van der Waals surface area contributed by atoms with Crippen LogP contribution in [0.4, 0.5) is 8.78 Å². The van der Waals surface area contributed by atoms with Crippen LogP contribution in [0.5, 0.6) is 0 Å². The SMILES string of the molecule is CS(=O)(=O)n1cc(-c2cc3c(cc2-c2ccc(F)cc2F)C(=O)NC3)cn1. The Morgan fingerprint density at radius 3 is 2.52 bits per heavy atom. The molecule has 0 saturated carbocycles. The average Bonchev–Trinajstić information content (AvgIpc) is 3.21. The quantitative estimate of drug-likeness (QED) is 0.747. The lowest BCUT2D eigenvalue weighted by Gasteiger charge is -2.12. The second kappa shape index (κ2) is 5.98. The van der Waals surface area contributed by atoms with Crippen molar-refractivity contribution in [1.82, 2.24) is 14.5 Å². The molecule has 0 spiro atoms. The molecule has 0 radical (unpaired) electrons. The van der Waals surface area contributed by atoms with Gasteiger partial charge in [0.05, 0.1) is 18.6 Å². The van der Waals surface area contributed by atoms with Crippen molar-refractivity contribution in [3.8, 4) is 22.3 Å². The Labute approximate surface area is 153 Å². The third kappa shape index (κ3) is 2.99. The van der Waals surface area contributed by atoms with Crippen molar-refractivity contribution in [3.05, 3.63) is 65.5 Å². The van der Waals surface area contributed by atoms with Crippen LogP contribution in [0.3, 0.4) is 0 Å². The molecule has 138 valence electrons. The van der Waals surface area contributed by atoms with Gasteiger partial charge in [-0.1, -0.05) is 0 Å². The van der Waals surface area contributed by atoms with Crippen molar-refractivity contribution in [2.75, 3.05) is 6.26 Å². The van der Waals surface area contributed by atoms with E-state index < -0.39 is 21.7 Å². The minimum Gasteiger partial charge on any atom is -0.348 e. The summed E-state index contributed by atoms with van der Waals surface area (Å²) in [5.41, 5.74) is 2.46. The number of hydrogen-bond acceptors (Lipinski definition) is 4. The summed E-state index contributed by atoms with van der Waals surface area (Å²) in [6.45, 7) is 0.313. The standard InChI is InChI=1S/C18H13F2N3O3S/c1-27(25,26)23-9-11(8-22-23)14-4-10-7-21-18(24)15(10)6-16(14)13-3-2-12(19)5-17(13)20/h2-6,8-9H,7H2,1H3,(H,21,24). The van der Waals surface area contributed by atoms with Gasteiger partial charge in [-0.3, -0.25) is 4.79 Å². The second-order valence-corrected chi connectivity index (χ2v) is 8.07. The fourth-order valence-corrected chi connectivity index (χ4v) is 3.59. The van der Waals surface area contributed by atoms with E-state index in [0.717, 1.165) is 22.5 Å². The van der Waals surface area contributed by atoms with Gasteiger partial charge in [0.2, 0.25) is 0 Å². The smallest absolute Gasteiger partial charge is 0.251 e. The summed E-state index contributed by atoms with van der Waals surface area (Å²) >= 11 is 0. The zero-order chi connectivity index (χ0) is 19.3. The number of rotatable bonds is 3. The molecule has 0 bridgehead atoms. The summed E-state index contributed by atoms with van der Waals surface area (Å²) < 4.78 is 51.9. The van der Waals surface area contributed by atoms with Crippen LogP contribution in [0.2, 0.25) is 0 Å². The molecule has 3 aromatic rings. The maximum Gasteiger partial charge on any atom is 0.251 e. The lowest BCUT2D eigenvalue weighted by molar-refractivity contribution is 0.0965. The van der Waals surface area contributed by atoms with Gasteiger partial charge in [0.25, 0.3) is 15.9 Å². The van der Waals surface area contributed by atoms with Crippen molar-refractivity contribution < 1.29 is 22.0 Å². The normalized spacial score (nSPS) is 13.5. The van der Waals surface area contributed by atoms with E-state index in [4.69, 9.17) is 0 Å². The number of amides is 1. The van der Waals surface area contributed by atoms with Crippen molar-refractivity contribution in [1.29, 1.82) is 0 Å². The van der Waals surface area contributed by atoms with Crippen LogP contribution in [0.1, 0.15) is 15.9 Å². The number of fused-ring (bicyclic) bond motifs is 1. The van der Waals surface area contributed by atoms with E-state index in [1.165, 1.54) is 24.5 Å². The highest BCUT2D eigenvalue weighted by atomic mass is 32.2. The molecule has 1 amide bonds. The van der Waals surface area contributed by atoms with Gasteiger partial charge in [0, 0.05) is 29.3 Å². The molecule has 0 aliphatic carbocycles. The molecule has 0 saturated heterocycles. The van der Waals surface area contributed by atoms with Crippen molar-refractivity contribution in [2.24, 2.45) is 0 Å². The summed E-state index contributed by atoms with van der Waals surface area (Å²) in [4.78, 5) is 12.0. The molecule has 1 aliphatic rings. The highest BCUT2D eigenvalue weighted by molar-refractivity contribution is 7.89. The number of hydrogen-bond donors (Lipinski definition) is 1. The van der Waals surface area contributed by atoms with E-state index in [-0.39, 0.29) is 11.5 Å². The number of aromatic nitrogens is 2. The molecule has 6 nitrogen and oxygen atoms in total. The molecule has 1 aromatic heterocycles. The van der Waals surface area contributed by atoms with Crippen LogP contribution < -0.4 is 5.32 Å². The monoisotopic (exact) mass is 389 g/mol. The summed E-state index contributed by atoms with van der Waals surface area (Å²) in [6, 6.07) is 6.38. The molecular weight excluding hydrogens is 376 g/mol. The Balaban J connectivity index is 1.98. The van der Waals surface area contributed by atoms with Gasteiger partial charge in [-0.2, -0.15) is 9.19 Å². The molecule has 2 aromatic carbocycles. The van der Waals surface area contributed by atoms with Crippen LogP contribution in [-0.4, -0.2) is 29.8 Å². The zero-order valence-electron chi connectivity index (χ0n) is 14.0. The predicted octanol–water partition coefficient (Wildman–Crippen LogP) is 2.55. The van der Waals surface area contributed by atoms with Gasteiger partial charge in [0.1, 0.15) is 11.6 Å². The maximum atomic E-state index is 14.4. The third-order valence-electron chi connectivity index (χ3n) is 4.36. The van der Waals surface area contributed by atoms with Crippen molar-refractivity contribution in [3.63, 3.8) is 0 Å². The van der Waals surface area contributed by atoms with Crippen LogP contribution >= 0.6 is 0 Å². The van der Waals surface area contributed by atoms with E-state index in [0.29, 0.717) is 34.4 Å². The van der Waals surface area contributed by atoms with Gasteiger partial charge in [-0.25, -0.2) is 17.2 Å². The van der Waals surface area contributed by atoms with Crippen LogP contribution in [0, 0.1) is 11.6 Å². The Morgan fingerprint density at radius 1 is 1.07 bits per heavy atom. The van der Waals surface area contributed by atoms with Crippen molar-refractivity contribution >= 4 is 15.9 Å². The van der Waals surface area contributed by atoms with E-state index in [2.05, 4.69) is 10.4 Å². The number of nitrogens with zero attached hydrogens (tertiary/aromatic N) is 2. The molecule has 1 aliphatic heterocycles. The van der Waals surface area contributed by atoms with Crippen LogP contribution in [0.25, 0.3) is 22.3 Å². The Morgan fingerprint density at radius 2 is 1.85 bits per heavy atom. The zero-order valence-corrected chi connectivity index (χ0v) is 14.8. The first-order valence-electron chi connectivity index (χ1n) is 7.90. The van der Waals surface area contributed by atoms with E-state index >= 15 is 0 Å². The molecule has 0 unspecified atom stereocenters. The molecule has 9 heteroatoms. The van der Waals surface area contributed by atoms with Gasteiger partial charge in [-0.05, 0) is 41.0 Å². The van der Waals surface area contributed by atoms with Crippen LogP contribution in [-0.2, 0) is 16.6 Å². The van der Waals surface area contributed by atoms with Gasteiger partial charge < -0.3 is 5.32 Å². The number of halogens is 2. The summed E-state index contributed by atoms with van der Waals surface area (Å²) in [6.07, 6.45) is 3.67. The summed E-state index contributed by atoms with van der Waals surface area (Å²) in [5.74, 6) is -1.79. The Kier molecular flexibility index (Phi) is 3.84. The highest BCUT2D eigenvalue weighted by Crippen LogP contribution is 2.37. The fraction of sp³-hybridized carbons (Fsp3) is 0.111. The van der Waals surface area contributed by atoms with Gasteiger partial charge >= 0.3 is 0 Å². The number of nitrogens with one attached hydrogen (secondary N) is 1. The summed E-state index contributed by atoms with van der Waals surface area (Å²) in [5, 5.41) is 6.52.